The number of benzene rings is 1. The van der Waals surface area contributed by atoms with Crippen molar-refractivity contribution in [2.24, 2.45) is 0 Å². The number of rotatable bonds is 5. The van der Waals surface area contributed by atoms with Crippen molar-refractivity contribution in [1.29, 1.82) is 0 Å². The Balaban J connectivity index is 2.05. The van der Waals surface area contributed by atoms with Gasteiger partial charge in [-0.1, -0.05) is 38.1 Å². The molecule has 0 fully saturated rings. The van der Waals surface area contributed by atoms with E-state index in [1.807, 2.05) is 6.92 Å². The summed E-state index contributed by atoms with van der Waals surface area (Å²) in [6.07, 6.45) is 2.93. The minimum absolute atomic E-state index is 0.0491. The summed E-state index contributed by atoms with van der Waals surface area (Å²) < 4.78 is 13.2. The smallest absolute Gasteiger partial charge is 0.141 e. The molecule has 112 valence electrons. The molecule has 1 N–H and O–H groups in total. The van der Waals surface area contributed by atoms with Crippen LogP contribution in [0.1, 0.15) is 62.4 Å². The molecular weight excluding hydrogens is 263 g/mol. The summed E-state index contributed by atoms with van der Waals surface area (Å²) in [4.78, 5) is 3.90. The van der Waals surface area contributed by atoms with Crippen LogP contribution in [-0.4, -0.2) is 4.98 Å². The second-order valence-electron chi connectivity index (χ2n) is 5.87. The standard InChI is InChI=1S/C18H23FN2/c1-12(2)15-5-7-16(8-6-15)13(3)21-14(4)17-9-18(19)11-20-10-17/h5-14,21H,1-4H3. The van der Waals surface area contributed by atoms with Crippen LogP contribution in [0.3, 0.4) is 0 Å². The fraction of sp³-hybridized carbons (Fsp3) is 0.389. The molecule has 0 aliphatic rings. The third-order valence-corrected chi connectivity index (χ3v) is 3.83. The van der Waals surface area contributed by atoms with Gasteiger partial charge in [-0.3, -0.25) is 4.98 Å². The van der Waals surface area contributed by atoms with E-state index in [0.29, 0.717) is 5.92 Å². The van der Waals surface area contributed by atoms with Gasteiger partial charge in [0.15, 0.2) is 0 Å². The molecule has 0 spiro atoms. The number of nitrogens with one attached hydrogen (secondary N) is 1. The zero-order chi connectivity index (χ0) is 15.4. The Morgan fingerprint density at radius 2 is 1.43 bits per heavy atom. The lowest BCUT2D eigenvalue weighted by Crippen LogP contribution is -2.22. The molecule has 3 heteroatoms. The Kier molecular flexibility index (Phi) is 5.07. The van der Waals surface area contributed by atoms with Gasteiger partial charge in [0.2, 0.25) is 0 Å². The third kappa shape index (κ3) is 4.11. The third-order valence-electron chi connectivity index (χ3n) is 3.83. The van der Waals surface area contributed by atoms with Gasteiger partial charge in [-0.05, 0) is 42.5 Å². The van der Waals surface area contributed by atoms with Crippen LogP contribution in [0, 0.1) is 5.82 Å². The first-order valence-electron chi connectivity index (χ1n) is 7.43. The van der Waals surface area contributed by atoms with Gasteiger partial charge >= 0.3 is 0 Å². The van der Waals surface area contributed by atoms with Gasteiger partial charge in [0.05, 0.1) is 6.20 Å². The minimum atomic E-state index is -0.296. The highest BCUT2D eigenvalue weighted by molar-refractivity contribution is 5.27. The molecule has 2 atom stereocenters. The number of aromatic nitrogens is 1. The van der Waals surface area contributed by atoms with Gasteiger partial charge in [-0.2, -0.15) is 0 Å². The molecule has 0 radical (unpaired) electrons. The van der Waals surface area contributed by atoms with E-state index in [9.17, 15) is 4.39 Å². The average molecular weight is 286 g/mol. The number of nitrogens with zero attached hydrogens (tertiary/aromatic N) is 1. The Hall–Kier alpha value is -1.74. The molecule has 2 nitrogen and oxygen atoms in total. The minimum Gasteiger partial charge on any atom is -0.304 e. The topological polar surface area (TPSA) is 24.9 Å². The molecule has 0 aliphatic carbocycles. The first kappa shape index (κ1) is 15.6. The zero-order valence-corrected chi connectivity index (χ0v) is 13.1. The molecule has 0 saturated carbocycles. The molecule has 2 unspecified atom stereocenters. The van der Waals surface area contributed by atoms with Gasteiger partial charge in [-0.25, -0.2) is 4.39 Å². The maximum atomic E-state index is 13.2. The monoisotopic (exact) mass is 286 g/mol. The number of hydrogen-bond acceptors (Lipinski definition) is 2. The van der Waals surface area contributed by atoms with E-state index in [4.69, 9.17) is 0 Å². The summed E-state index contributed by atoms with van der Waals surface area (Å²) in [5.74, 6) is 0.245. The van der Waals surface area contributed by atoms with E-state index in [-0.39, 0.29) is 17.9 Å². The van der Waals surface area contributed by atoms with Gasteiger partial charge in [-0.15, -0.1) is 0 Å². The molecule has 21 heavy (non-hydrogen) atoms. The maximum absolute atomic E-state index is 13.2. The largest absolute Gasteiger partial charge is 0.304 e. The average Bonchev–Trinajstić information content (AvgIpc) is 2.47. The first-order chi connectivity index (χ1) is 9.97. The van der Waals surface area contributed by atoms with Crippen molar-refractivity contribution in [2.75, 3.05) is 0 Å². The van der Waals surface area contributed by atoms with Crippen LogP contribution in [0.15, 0.2) is 42.7 Å². The zero-order valence-electron chi connectivity index (χ0n) is 13.1. The Bertz CT molecular complexity index is 578. The summed E-state index contributed by atoms with van der Waals surface area (Å²) in [5, 5.41) is 3.48. The Morgan fingerprint density at radius 3 is 2.00 bits per heavy atom. The quantitative estimate of drug-likeness (QED) is 0.857. The van der Waals surface area contributed by atoms with Crippen LogP contribution >= 0.6 is 0 Å². The lowest BCUT2D eigenvalue weighted by Gasteiger charge is -2.21. The predicted molar refractivity (Wildman–Crippen MR) is 84.7 cm³/mol. The second-order valence-corrected chi connectivity index (χ2v) is 5.87. The van der Waals surface area contributed by atoms with Gasteiger partial charge < -0.3 is 5.32 Å². The van der Waals surface area contributed by atoms with Crippen LogP contribution < -0.4 is 5.32 Å². The van der Waals surface area contributed by atoms with E-state index in [1.165, 1.54) is 23.4 Å². The molecule has 1 heterocycles. The van der Waals surface area contributed by atoms with E-state index >= 15 is 0 Å². The fourth-order valence-electron chi connectivity index (χ4n) is 2.40. The van der Waals surface area contributed by atoms with Gasteiger partial charge in [0.25, 0.3) is 0 Å². The van der Waals surface area contributed by atoms with E-state index in [1.54, 1.807) is 6.20 Å². The van der Waals surface area contributed by atoms with Crippen LogP contribution in [0.2, 0.25) is 0 Å². The van der Waals surface area contributed by atoms with Gasteiger partial charge in [0, 0.05) is 18.3 Å². The fourth-order valence-corrected chi connectivity index (χ4v) is 2.40. The molecule has 0 bridgehead atoms. The SMILES string of the molecule is CC(C)c1ccc(C(C)NC(C)c2cncc(F)c2)cc1. The summed E-state index contributed by atoms with van der Waals surface area (Å²) >= 11 is 0. The summed E-state index contributed by atoms with van der Waals surface area (Å²) in [5.41, 5.74) is 3.43. The summed E-state index contributed by atoms with van der Waals surface area (Å²) in [7, 11) is 0. The van der Waals surface area contributed by atoms with Crippen molar-refractivity contribution in [3.63, 3.8) is 0 Å². The lowest BCUT2D eigenvalue weighted by molar-refractivity contribution is 0.490. The van der Waals surface area contributed by atoms with E-state index in [0.717, 1.165) is 5.56 Å². The van der Waals surface area contributed by atoms with Crippen molar-refractivity contribution in [1.82, 2.24) is 10.3 Å². The number of halogens is 1. The number of pyridine rings is 1. The number of hydrogen-bond donors (Lipinski definition) is 1. The lowest BCUT2D eigenvalue weighted by atomic mass is 9.99. The second kappa shape index (κ2) is 6.81. The van der Waals surface area contributed by atoms with Gasteiger partial charge in [0.1, 0.15) is 5.82 Å². The normalized spacial score (nSPS) is 14.2. The molecule has 1 aromatic carbocycles. The molecular formula is C18H23FN2. The van der Waals surface area contributed by atoms with Crippen LogP contribution in [-0.2, 0) is 0 Å². The van der Waals surface area contributed by atoms with E-state index < -0.39 is 0 Å². The molecule has 0 saturated heterocycles. The summed E-state index contributed by atoms with van der Waals surface area (Å²) in [6, 6.07) is 10.4. The van der Waals surface area contributed by atoms with Crippen LogP contribution in [0.4, 0.5) is 4.39 Å². The predicted octanol–water partition coefficient (Wildman–Crippen LogP) is 4.76. The van der Waals surface area contributed by atoms with Crippen molar-refractivity contribution in [3.05, 3.63) is 65.2 Å². The highest BCUT2D eigenvalue weighted by atomic mass is 19.1. The highest BCUT2D eigenvalue weighted by Gasteiger charge is 2.12. The van der Waals surface area contributed by atoms with Crippen molar-refractivity contribution in [3.8, 4) is 0 Å². The van der Waals surface area contributed by atoms with Crippen LogP contribution in [0.5, 0.6) is 0 Å². The molecule has 0 aliphatic heterocycles. The maximum Gasteiger partial charge on any atom is 0.141 e. The highest BCUT2D eigenvalue weighted by Crippen LogP contribution is 2.21. The molecule has 2 aromatic rings. The van der Waals surface area contributed by atoms with E-state index in [2.05, 4.69) is 55.3 Å². The Labute approximate surface area is 126 Å². The molecule has 0 amide bonds. The Morgan fingerprint density at radius 1 is 0.857 bits per heavy atom. The summed E-state index contributed by atoms with van der Waals surface area (Å²) in [6.45, 7) is 8.52. The first-order valence-corrected chi connectivity index (χ1v) is 7.43. The molecule has 1 aromatic heterocycles. The van der Waals surface area contributed by atoms with Crippen molar-refractivity contribution in [2.45, 2.75) is 45.7 Å². The molecule has 2 rings (SSSR count). The van der Waals surface area contributed by atoms with Crippen molar-refractivity contribution < 1.29 is 4.39 Å². The van der Waals surface area contributed by atoms with Crippen molar-refractivity contribution >= 4 is 0 Å². The van der Waals surface area contributed by atoms with Crippen LogP contribution in [0.25, 0.3) is 0 Å².